The standard InChI is InChI=1S/C24H43NO2S/c1-2-3-4-5-6-7-8-9-10-11-12-13-14-15-16-17-20-23-21-18-19-22-24(23)28(25,26)27/h18-19,21-22H,2-17,20H2,1H3,(H2,25,26,27). The molecule has 2 N–H and O–H groups in total. The molecule has 0 aromatic heterocycles. The number of nitrogens with two attached hydrogens (primary N) is 1. The van der Waals surface area contributed by atoms with Gasteiger partial charge in [-0.25, -0.2) is 13.6 Å². The Morgan fingerprint density at radius 1 is 0.643 bits per heavy atom. The van der Waals surface area contributed by atoms with Gasteiger partial charge in [0.1, 0.15) is 0 Å². The molecule has 0 heterocycles. The van der Waals surface area contributed by atoms with Crippen LogP contribution in [0.25, 0.3) is 0 Å². The summed E-state index contributed by atoms with van der Waals surface area (Å²) < 4.78 is 23.2. The Labute approximate surface area is 174 Å². The van der Waals surface area contributed by atoms with E-state index in [4.69, 9.17) is 5.14 Å². The Balaban J connectivity index is 1.91. The molecule has 0 unspecified atom stereocenters. The van der Waals surface area contributed by atoms with Crippen molar-refractivity contribution in [1.29, 1.82) is 0 Å². The van der Waals surface area contributed by atoms with E-state index in [-0.39, 0.29) is 4.90 Å². The van der Waals surface area contributed by atoms with Crippen LogP contribution in [0.2, 0.25) is 0 Å². The molecule has 28 heavy (non-hydrogen) atoms. The predicted molar refractivity (Wildman–Crippen MR) is 121 cm³/mol. The molecule has 0 fully saturated rings. The van der Waals surface area contributed by atoms with Gasteiger partial charge in [0.25, 0.3) is 0 Å². The van der Waals surface area contributed by atoms with Crippen LogP contribution >= 0.6 is 0 Å². The van der Waals surface area contributed by atoms with Gasteiger partial charge in [-0.05, 0) is 24.5 Å². The molecule has 0 saturated carbocycles. The summed E-state index contributed by atoms with van der Waals surface area (Å²) in [5.74, 6) is 0. The molecule has 3 nitrogen and oxygen atoms in total. The fraction of sp³-hybridized carbons (Fsp3) is 0.750. The molecule has 4 heteroatoms. The summed E-state index contributed by atoms with van der Waals surface area (Å²) in [7, 11) is -3.61. The third kappa shape index (κ3) is 12.6. The zero-order valence-corrected chi connectivity index (χ0v) is 18.9. The average Bonchev–Trinajstić information content (AvgIpc) is 2.67. The molecule has 0 aliphatic rings. The van der Waals surface area contributed by atoms with E-state index in [1.54, 1.807) is 12.1 Å². The maximum absolute atomic E-state index is 11.6. The van der Waals surface area contributed by atoms with Crippen molar-refractivity contribution in [1.82, 2.24) is 0 Å². The smallest absolute Gasteiger partial charge is 0.225 e. The first kappa shape index (κ1) is 25.2. The normalized spacial score (nSPS) is 11.8. The molecule has 1 rings (SSSR count). The lowest BCUT2D eigenvalue weighted by Crippen LogP contribution is -2.14. The summed E-state index contributed by atoms with van der Waals surface area (Å²) >= 11 is 0. The number of hydrogen-bond acceptors (Lipinski definition) is 2. The second-order valence-corrected chi connectivity index (χ2v) is 9.74. The highest BCUT2D eigenvalue weighted by atomic mass is 32.2. The minimum Gasteiger partial charge on any atom is -0.225 e. The summed E-state index contributed by atoms with van der Waals surface area (Å²) in [6.07, 6.45) is 22.3. The molecule has 0 spiro atoms. The Kier molecular flexibility index (Phi) is 14.4. The lowest BCUT2D eigenvalue weighted by atomic mass is 10.0. The van der Waals surface area contributed by atoms with E-state index in [9.17, 15) is 8.42 Å². The van der Waals surface area contributed by atoms with Crippen molar-refractivity contribution in [2.24, 2.45) is 5.14 Å². The first-order valence-electron chi connectivity index (χ1n) is 11.7. The highest BCUT2D eigenvalue weighted by Gasteiger charge is 2.12. The van der Waals surface area contributed by atoms with Gasteiger partial charge < -0.3 is 0 Å². The maximum atomic E-state index is 11.6. The predicted octanol–water partition coefficient (Wildman–Crippen LogP) is 7.14. The van der Waals surface area contributed by atoms with Crippen molar-refractivity contribution in [3.05, 3.63) is 29.8 Å². The van der Waals surface area contributed by atoms with E-state index in [1.807, 2.05) is 12.1 Å². The average molecular weight is 410 g/mol. The number of unbranched alkanes of at least 4 members (excludes halogenated alkanes) is 15. The number of benzene rings is 1. The van der Waals surface area contributed by atoms with Gasteiger partial charge in [0.05, 0.1) is 4.90 Å². The first-order chi connectivity index (χ1) is 13.6. The van der Waals surface area contributed by atoms with E-state index in [0.29, 0.717) is 0 Å². The number of sulfonamides is 1. The third-order valence-electron chi connectivity index (χ3n) is 5.58. The molecule has 0 radical (unpaired) electrons. The van der Waals surface area contributed by atoms with Gasteiger partial charge in [-0.1, -0.05) is 121 Å². The largest absolute Gasteiger partial charge is 0.238 e. The molecule has 0 saturated heterocycles. The van der Waals surface area contributed by atoms with Gasteiger partial charge in [0.2, 0.25) is 10.0 Å². The van der Waals surface area contributed by atoms with Gasteiger partial charge in [-0.3, -0.25) is 0 Å². The quantitative estimate of drug-likeness (QED) is 0.262. The number of aryl methyl sites for hydroxylation is 1. The fourth-order valence-corrected chi connectivity index (χ4v) is 4.66. The Bertz CT molecular complexity index is 598. The van der Waals surface area contributed by atoms with Gasteiger partial charge in [-0.15, -0.1) is 0 Å². The molecule has 0 amide bonds. The SMILES string of the molecule is CCCCCCCCCCCCCCCCCCc1ccccc1S(N)(=O)=O. The molecular formula is C24H43NO2S. The molecule has 1 aromatic carbocycles. The molecule has 0 aliphatic heterocycles. The summed E-state index contributed by atoms with van der Waals surface area (Å²) in [6, 6.07) is 7.11. The van der Waals surface area contributed by atoms with Crippen LogP contribution in [0.1, 0.15) is 115 Å². The van der Waals surface area contributed by atoms with Crippen LogP contribution in [0.15, 0.2) is 29.2 Å². The Hall–Kier alpha value is -0.870. The zero-order valence-electron chi connectivity index (χ0n) is 18.1. The monoisotopic (exact) mass is 409 g/mol. The molecule has 0 aliphatic carbocycles. The lowest BCUT2D eigenvalue weighted by Gasteiger charge is -2.07. The van der Waals surface area contributed by atoms with Gasteiger partial charge in [0, 0.05) is 0 Å². The van der Waals surface area contributed by atoms with E-state index >= 15 is 0 Å². The number of hydrogen-bond donors (Lipinski definition) is 1. The lowest BCUT2D eigenvalue weighted by molar-refractivity contribution is 0.529. The van der Waals surface area contributed by atoms with E-state index < -0.39 is 10.0 Å². The minimum absolute atomic E-state index is 0.288. The van der Waals surface area contributed by atoms with Crippen molar-refractivity contribution in [3.63, 3.8) is 0 Å². The van der Waals surface area contributed by atoms with Crippen LogP contribution in [0, 0.1) is 0 Å². The van der Waals surface area contributed by atoms with Crippen molar-refractivity contribution in [2.45, 2.75) is 121 Å². The highest BCUT2D eigenvalue weighted by molar-refractivity contribution is 7.89. The summed E-state index contributed by atoms with van der Waals surface area (Å²) in [5.41, 5.74) is 0.857. The van der Waals surface area contributed by atoms with E-state index in [1.165, 1.54) is 89.9 Å². The van der Waals surface area contributed by atoms with E-state index in [0.717, 1.165) is 24.8 Å². The van der Waals surface area contributed by atoms with Crippen molar-refractivity contribution in [3.8, 4) is 0 Å². The van der Waals surface area contributed by atoms with Gasteiger partial charge in [0.15, 0.2) is 0 Å². The summed E-state index contributed by atoms with van der Waals surface area (Å²) in [4.78, 5) is 0.288. The van der Waals surface area contributed by atoms with E-state index in [2.05, 4.69) is 6.92 Å². The van der Waals surface area contributed by atoms with Crippen LogP contribution in [-0.2, 0) is 16.4 Å². The van der Waals surface area contributed by atoms with Gasteiger partial charge in [-0.2, -0.15) is 0 Å². The number of primary sulfonamides is 1. The minimum atomic E-state index is -3.61. The molecule has 162 valence electrons. The molecule has 0 atom stereocenters. The van der Waals surface area contributed by atoms with Crippen LogP contribution in [-0.4, -0.2) is 8.42 Å². The Morgan fingerprint density at radius 2 is 1.04 bits per heavy atom. The summed E-state index contributed by atoms with van der Waals surface area (Å²) in [6.45, 7) is 2.27. The fourth-order valence-electron chi connectivity index (χ4n) is 3.85. The molecule has 0 bridgehead atoms. The molecular weight excluding hydrogens is 366 g/mol. The maximum Gasteiger partial charge on any atom is 0.238 e. The van der Waals surface area contributed by atoms with Gasteiger partial charge >= 0.3 is 0 Å². The number of rotatable bonds is 18. The molecule has 1 aromatic rings. The van der Waals surface area contributed by atoms with Crippen molar-refractivity contribution < 1.29 is 8.42 Å². The van der Waals surface area contributed by atoms with Crippen molar-refractivity contribution >= 4 is 10.0 Å². The highest BCUT2D eigenvalue weighted by Crippen LogP contribution is 2.18. The third-order valence-corrected chi connectivity index (χ3v) is 6.59. The zero-order chi connectivity index (χ0) is 20.5. The Morgan fingerprint density at radius 3 is 1.46 bits per heavy atom. The second-order valence-electron chi connectivity index (χ2n) is 8.21. The van der Waals surface area contributed by atoms with Crippen molar-refractivity contribution in [2.75, 3.05) is 0 Å². The van der Waals surface area contributed by atoms with Crippen LogP contribution in [0.3, 0.4) is 0 Å². The van der Waals surface area contributed by atoms with Crippen LogP contribution in [0.4, 0.5) is 0 Å². The summed E-state index contributed by atoms with van der Waals surface area (Å²) in [5, 5.41) is 5.29. The topological polar surface area (TPSA) is 60.2 Å². The first-order valence-corrected chi connectivity index (χ1v) is 13.2. The second kappa shape index (κ2) is 16.0. The van der Waals surface area contributed by atoms with Crippen LogP contribution in [0.5, 0.6) is 0 Å². The van der Waals surface area contributed by atoms with Crippen LogP contribution < -0.4 is 5.14 Å².